The summed E-state index contributed by atoms with van der Waals surface area (Å²) in [5.74, 6) is 0.750. The van der Waals surface area contributed by atoms with Gasteiger partial charge in [0.2, 0.25) is 0 Å². The lowest BCUT2D eigenvalue weighted by atomic mass is 10.1. The maximum atomic E-state index is 6.26. The molecule has 0 amide bonds. The molecule has 3 rings (SSSR count). The van der Waals surface area contributed by atoms with Crippen LogP contribution in [0.5, 0.6) is 0 Å². The van der Waals surface area contributed by atoms with E-state index in [1.54, 1.807) is 13.4 Å². The van der Waals surface area contributed by atoms with Crippen LogP contribution in [-0.4, -0.2) is 48.0 Å². The number of nitrogens with zero attached hydrogens (tertiary/aromatic N) is 4. The molecule has 2 heterocycles. The second-order valence-corrected chi connectivity index (χ2v) is 14.8. The summed E-state index contributed by atoms with van der Waals surface area (Å²) in [5.41, 5.74) is 2.24. The van der Waals surface area contributed by atoms with Gasteiger partial charge < -0.3 is 13.7 Å². The number of methoxy groups -OCH3 is 1. The highest BCUT2D eigenvalue weighted by Gasteiger charge is 2.36. The number of hydrogen-bond acceptors (Lipinski definition) is 4. The average Bonchev–Trinajstić information content (AvgIpc) is 3.24. The van der Waals surface area contributed by atoms with Gasteiger partial charge in [0.1, 0.15) is 6.33 Å². The van der Waals surface area contributed by atoms with E-state index >= 15 is 0 Å². The van der Waals surface area contributed by atoms with Gasteiger partial charge in [-0.3, -0.25) is 4.68 Å². The van der Waals surface area contributed by atoms with Crippen LogP contribution in [0.25, 0.3) is 22.3 Å². The predicted molar refractivity (Wildman–Crippen MR) is 129 cm³/mol. The fourth-order valence-corrected chi connectivity index (χ4v) is 4.72. The van der Waals surface area contributed by atoms with E-state index in [1.165, 1.54) is 14.5 Å². The van der Waals surface area contributed by atoms with Crippen molar-refractivity contribution >= 4 is 41.8 Å². The largest absolute Gasteiger partial charge is 0.415 e. The molecule has 1 aromatic carbocycles. The van der Waals surface area contributed by atoms with Gasteiger partial charge in [0.25, 0.3) is 0 Å². The Morgan fingerprint density at radius 2 is 1.90 bits per heavy atom. The van der Waals surface area contributed by atoms with Gasteiger partial charge in [-0.1, -0.05) is 20.8 Å². The molecule has 0 atom stereocenters. The summed E-state index contributed by atoms with van der Waals surface area (Å²) >= 11 is 2.38. The molecule has 3 aromatic rings. The smallest absolute Gasteiger partial charge is 0.192 e. The first kappa shape index (κ1) is 22.5. The quantitative estimate of drug-likeness (QED) is 0.300. The lowest BCUT2D eigenvalue weighted by Gasteiger charge is -2.36. The zero-order chi connectivity index (χ0) is 21.2. The summed E-state index contributed by atoms with van der Waals surface area (Å²) < 4.78 is 16.8. The molecule has 0 saturated heterocycles. The second-order valence-electron chi connectivity index (χ2n) is 8.84. The molecule has 2 aromatic heterocycles. The van der Waals surface area contributed by atoms with E-state index in [9.17, 15) is 0 Å². The van der Waals surface area contributed by atoms with Crippen molar-refractivity contribution in [1.29, 1.82) is 0 Å². The standard InChI is InChI=1S/C21H31IN4O2Si/c1-21(2,3)29(5,6)28-12-10-26-15-23-20(24-26)16-7-8-19-17(13-16)18(22)14-25(19)9-11-27-4/h7-8,13-15H,9-12H2,1-6H3. The molecule has 6 nitrogen and oxygen atoms in total. The summed E-state index contributed by atoms with van der Waals surface area (Å²) in [6, 6.07) is 6.41. The van der Waals surface area contributed by atoms with Crippen molar-refractivity contribution in [2.45, 2.75) is 52.0 Å². The Morgan fingerprint density at radius 1 is 1.14 bits per heavy atom. The molecule has 8 heteroatoms. The normalized spacial score (nSPS) is 12.8. The van der Waals surface area contributed by atoms with E-state index in [1.807, 2.05) is 4.68 Å². The summed E-state index contributed by atoms with van der Waals surface area (Å²) in [5, 5.41) is 6.10. The highest BCUT2D eigenvalue weighted by molar-refractivity contribution is 14.1. The molecule has 0 saturated carbocycles. The molecule has 0 aliphatic rings. The van der Waals surface area contributed by atoms with Crippen molar-refractivity contribution in [3.05, 3.63) is 34.3 Å². The Bertz CT molecular complexity index is 975. The highest BCUT2D eigenvalue weighted by Crippen LogP contribution is 2.36. The zero-order valence-corrected chi connectivity index (χ0v) is 21.4. The number of rotatable bonds is 8. The summed E-state index contributed by atoms with van der Waals surface area (Å²) in [4.78, 5) is 4.52. The van der Waals surface area contributed by atoms with Crippen LogP contribution in [0, 0.1) is 3.57 Å². The van der Waals surface area contributed by atoms with Crippen LogP contribution < -0.4 is 0 Å². The topological polar surface area (TPSA) is 54.1 Å². The van der Waals surface area contributed by atoms with Gasteiger partial charge in [0.15, 0.2) is 14.1 Å². The van der Waals surface area contributed by atoms with Crippen molar-refractivity contribution in [2.75, 3.05) is 20.3 Å². The van der Waals surface area contributed by atoms with E-state index in [0.29, 0.717) is 19.8 Å². The van der Waals surface area contributed by atoms with Gasteiger partial charge >= 0.3 is 0 Å². The van der Waals surface area contributed by atoms with Crippen LogP contribution in [0.2, 0.25) is 18.1 Å². The summed E-state index contributed by atoms with van der Waals surface area (Å²) in [7, 11) is -0.00357. The van der Waals surface area contributed by atoms with Crippen LogP contribution in [0.15, 0.2) is 30.7 Å². The fourth-order valence-electron chi connectivity index (χ4n) is 2.91. The van der Waals surface area contributed by atoms with Gasteiger partial charge in [0.05, 0.1) is 19.8 Å². The number of hydrogen-bond donors (Lipinski definition) is 0. The second kappa shape index (κ2) is 8.87. The van der Waals surface area contributed by atoms with E-state index in [2.05, 4.69) is 95.5 Å². The molecule has 0 aliphatic carbocycles. The zero-order valence-electron chi connectivity index (χ0n) is 18.2. The minimum absolute atomic E-state index is 0.215. The molecule has 0 unspecified atom stereocenters. The fraction of sp³-hybridized carbons (Fsp3) is 0.524. The molecule has 158 valence electrons. The van der Waals surface area contributed by atoms with Crippen molar-refractivity contribution < 1.29 is 9.16 Å². The summed E-state index contributed by atoms with van der Waals surface area (Å²) in [6.45, 7) is 14.2. The summed E-state index contributed by atoms with van der Waals surface area (Å²) in [6.07, 6.45) is 3.96. The molecular weight excluding hydrogens is 495 g/mol. The number of halogens is 1. The van der Waals surface area contributed by atoms with Gasteiger partial charge in [-0.05, 0) is 58.9 Å². The number of fused-ring (bicyclic) bond motifs is 1. The van der Waals surface area contributed by atoms with Crippen LogP contribution in [0.1, 0.15) is 20.8 Å². The minimum Gasteiger partial charge on any atom is -0.415 e. The van der Waals surface area contributed by atoms with Crippen LogP contribution in [-0.2, 0) is 22.3 Å². The number of benzene rings is 1. The highest BCUT2D eigenvalue weighted by atomic mass is 127. The van der Waals surface area contributed by atoms with Crippen molar-refractivity contribution in [1.82, 2.24) is 19.3 Å². The monoisotopic (exact) mass is 526 g/mol. The molecule has 0 bridgehead atoms. The molecule has 0 radical (unpaired) electrons. The predicted octanol–water partition coefficient (Wildman–Crippen LogP) is 5.17. The Hall–Kier alpha value is -1.23. The van der Waals surface area contributed by atoms with E-state index in [0.717, 1.165) is 17.9 Å². The first-order chi connectivity index (χ1) is 13.6. The molecule has 0 fully saturated rings. The lowest BCUT2D eigenvalue weighted by molar-refractivity contribution is 0.188. The molecule has 0 aliphatic heterocycles. The van der Waals surface area contributed by atoms with Crippen molar-refractivity contribution in [3.8, 4) is 11.4 Å². The van der Waals surface area contributed by atoms with E-state index in [-0.39, 0.29) is 5.04 Å². The maximum Gasteiger partial charge on any atom is 0.192 e. The minimum atomic E-state index is -1.73. The van der Waals surface area contributed by atoms with Gasteiger partial charge in [-0.15, -0.1) is 0 Å². The molecular formula is C21H31IN4O2Si. The first-order valence-electron chi connectivity index (χ1n) is 9.93. The van der Waals surface area contributed by atoms with Crippen molar-refractivity contribution in [2.24, 2.45) is 0 Å². The van der Waals surface area contributed by atoms with Crippen LogP contribution >= 0.6 is 22.6 Å². The SMILES string of the molecule is COCCn1cc(I)c2cc(-c3ncn(CCO[Si](C)(C)C(C)(C)C)n3)ccc21. The number of ether oxygens (including phenoxy) is 1. The first-order valence-corrected chi connectivity index (χ1v) is 13.9. The Morgan fingerprint density at radius 3 is 2.59 bits per heavy atom. The number of aromatic nitrogens is 4. The third kappa shape index (κ3) is 5.10. The van der Waals surface area contributed by atoms with Crippen LogP contribution in [0.4, 0.5) is 0 Å². The van der Waals surface area contributed by atoms with Crippen LogP contribution in [0.3, 0.4) is 0 Å². The van der Waals surface area contributed by atoms with E-state index < -0.39 is 8.32 Å². The van der Waals surface area contributed by atoms with Gasteiger partial charge in [0, 0.05) is 39.9 Å². The Kier molecular flexibility index (Phi) is 6.87. The maximum absolute atomic E-state index is 6.26. The van der Waals surface area contributed by atoms with Gasteiger partial charge in [-0.2, -0.15) is 5.10 Å². The third-order valence-corrected chi connectivity index (χ3v) is 11.2. The molecule has 0 N–H and O–H groups in total. The Balaban J connectivity index is 1.71. The molecule has 0 spiro atoms. The van der Waals surface area contributed by atoms with Gasteiger partial charge in [-0.25, -0.2) is 4.98 Å². The van der Waals surface area contributed by atoms with Crippen molar-refractivity contribution in [3.63, 3.8) is 0 Å². The molecule has 29 heavy (non-hydrogen) atoms. The average molecular weight is 526 g/mol. The Labute approximate surface area is 187 Å². The lowest BCUT2D eigenvalue weighted by Crippen LogP contribution is -2.41. The van der Waals surface area contributed by atoms with E-state index in [4.69, 9.17) is 9.16 Å². The third-order valence-electron chi connectivity index (χ3n) is 5.75.